The van der Waals surface area contributed by atoms with Gasteiger partial charge in [-0.3, -0.25) is 9.40 Å². The van der Waals surface area contributed by atoms with Crippen LogP contribution in [0.5, 0.6) is 0 Å². The summed E-state index contributed by atoms with van der Waals surface area (Å²) in [6.07, 6.45) is 2.62. The summed E-state index contributed by atoms with van der Waals surface area (Å²) in [5, 5.41) is 4.29. The van der Waals surface area contributed by atoms with Crippen molar-refractivity contribution in [3.8, 4) is 0 Å². The highest BCUT2D eigenvalue weighted by molar-refractivity contribution is 9.10. The number of benzene rings is 2. The zero-order chi connectivity index (χ0) is 17.9. The predicted molar refractivity (Wildman–Crippen MR) is 102 cm³/mol. The van der Waals surface area contributed by atoms with Crippen LogP contribution in [0.2, 0.25) is 0 Å². The monoisotopic (exact) mass is 419 g/mol. The van der Waals surface area contributed by atoms with Gasteiger partial charge in [0.1, 0.15) is 0 Å². The Bertz CT molecular complexity index is 949. The highest BCUT2D eigenvalue weighted by atomic mass is 79.9. The van der Waals surface area contributed by atoms with Gasteiger partial charge >= 0.3 is 0 Å². The molecular weight excluding hydrogens is 402 g/mol. The van der Waals surface area contributed by atoms with Crippen LogP contribution in [0, 0.1) is 0 Å². The van der Waals surface area contributed by atoms with E-state index in [2.05, 4.69) is 25.8 Å². The lowest BCUT2D eigenvalue weighted by Gasteiger charge is -2.06. The zero-order valence-electron chi connectivity index (χ0n) is 13.7. The van der Waals surface area contributed by atoms with Crippen molar-refractivity contribution < 1.29 is 8.42 Å². The van der Waals surface area contributed by atoms with Crippen LogP contribution in [0.3, 0.4) is 0 Å². The minimum Gasteiger partial charge on any atom is -0.266 e. The first kappa shape index (κ1) is 17.7. The Morgan fingerprint density at radius 1 is 1.00 bits per heavy atom. The molecule has 0 aliphatic heterocycles. The Balaban J connectivity index is 1.72. The Morgan fingerprint density at radius 2 is 1.64 bits per heavy atom. The van der Waals surface area contributed by atoms with Crippen molar-refractivity contribution in [1.82, 2.24) is 9.78 Å². The van der Waals surface area contributed by atoms with E-state index < -0.39 is 10.0 Å². The lowest BCUT2D eigenvalue weighted by molar-refractivity contribution is 0.600. The van der Waals surface area contributed by atoms with Gasteiger partial charge < -0.3 is 0 Å². The molecule has 1 N–H and O–H groups in total. The average Bonchev–Trinajstić information content (AvgIpc) is 3.03. The zero-order valence-corrected chi connectivity index (χ0v) is 16.1. The molecule has 0 fully saturated rings. The fourth-order valence-electron chi connectivity index (χ4n) is 2.38. The third-order valence-corrected chi connectivity index (χ3v) is 5.68. The molecule has 0 spiro atoms. The van der Waals surface area contributed by atoms with E-state index in [9.17, 15) is 8.42 Å². The highest BCUT2D eigenvalue weighted by Gasteiger charge is 2.15. The van der Waals surface area contributed by atoms with Crippen LogP contribution >= 0.6 is 15.9 Å². The van der Waals surface area contributed by atoms with Crippen molar-refractivity contribution in [2.24, 2.45) is 0 Å². The molecular formula is C18H18BrN3O2S. The van der Waals surface area contributed by atoms with Crippen molar-refractivity contribution in [3.63, 3.8) is 0 Å². The molecule has 0 atom stereocenters. The van der Waals surface area contributed by atoms with Crippen LogP contribution in [-0.2, 0) is 23.0 Å². The number of halogens is 1. The number of nitrogens with zero attached hydrogens (tertiary/aromatic N) is 2. The molecule has 1 heterocycles. The molecule has 0 saturated carbocycles. The average molecular weight is 420 g/mol. The van der Waals surface area contributed by atoms with Gasteiger partial charge in [0, 0.05) is 16.7 Å². The molecule has 130 valence electrons. The van der Waals surface area contributed by atoms with Gasteiger partial charge in [0.05, 0.1) is 11.4 Å². The number of sulfonamides is 1. The molecule has 0 unspecified atom stereocenters. The van der Waals surface area contributed by atoms with Crippen LogP contribution in [-0.4, -0.2) is 18.2 Å². The van der Waals surface area contributed by atoms with E-state index in [0.717, 1.165) is 22.0 Å². The van der Waals surface area contributed by atoms with Gasteiger partial charge in [-0.15, -0.1) is 0 Å². The maximum Gasteiger partial charge on any atom is 0.263 e. The summed E-state index contributed by atoms with van der Waals surface area (Å²) in [7, 11) is -3.64. The number of aromatic nitrogens is 2. The number of hydrogen-bond acceptors (Lipinski definition) is 3. The molecule has 0 radical (unpaired) electrons. The largest absolute Gasteiger partial charge is 0.266 e. The maximum atomic E-state index is 12.4. The van der Waals surface area contributed by atoms with E-state index in [-0.39, 0.29) is 4.90 Å². The number of aryl methyl sites for hydroxylation is 1. The fraction of sp³-hybridized carbons (Fsp3) is 0.167. The molecule has 25 heavy (non-hydrogen) atoms. The van der Waals surface area contributed by atoms with E-state index in [1.54, 1.807) is 29.1 Å². The Labute approximate surface area is 155 Å². The summed E-state index contributed by atoms with van der Waals surface area (Å²) >= 11 is 3.40. The lowest BCUT2D eigenvalue weighted by atomic mass is 10.2. The van der Waals surface area contributed by atoms with E-state index in [0.29, 0.717) is 12.4 Å². The van der Waals surface area contributed by atoms with Gasteiger partial charge in [-0.1, -0.05) is 47.1 Å². The van der Waals surface area contributed by atoms with Gasteiger partial charge in [0.15, 0.2) is 5.82 Å². The molecule has 3 rings (SSSR count). The SMILES string of the molecule is CCc1ccc(S(=O)(=O)Nc2ccn(Cc3ccc(Br)cc3)n2)cc1. The molecule has 1 aromatic heterocycles. The molecule has 3 aromatic rings. The molecule has 0 bridgehead atoms. The first-order chi connectivity index (χ1) is 12.0. The number of nitrogens with one attached hydrogen (secondary N) is 1. The van der Waals surface area contributed by atoms with Crippen LogP contribution in [0.25, 0.3) is 0 Å². The summed E-state index contributed by atoms with van der Waals surface area (Å²) < 4.78 is 30.1. The first-order valence-electron chi connectivity index (χ1n) is 7.86. The maximum absolute atomic E-state index is 12.4. The number of anilines is 1. The summed E-state index contributed by atoms with van der Waals surface area (Å²) in [6.45, 7) is 2.60. The molecule has 2 aromatic carbocycles. The second-order valence-electron chi connectivity index (χ2n) is 5.63. The van der Waals surface area contributed by atoms with Crippen molar-refractivity contribution >= 4 is 31.8 Å². The molecule has 0 aliphatic rings. The Kier molecular flexibility index (Phi) is 5.24. The first-order valence-corrected chi connectivity index (χ1v) is 10.1. The summed E-state index contributed by atoms with van der Waals surface area (Å²) in [6, 6.07) is 16.4. The second-order valence-corrected chi connectivity index (χ2v) is 8.23. The van der Waals surface area contributed by atoms with Crippen LogP contribution in [0.15, 0.2) is 70.2 Å². The smallest absolute Gasteiger partial charge is 0.263 e. The van der Waals surface area contributed by atoms with Crippen molar-refractivity contribution in [3.05, 3.63) is 76.4 Å². The van der Waals surface area contributed by atoms with Gasteiger partial charge in [0.25, 0.3) is 10.0 Å². The summed E-state index contributed by atoms with van der Waals surface area (Å²) in [5.41, 5.74) is 2.17. The lowest BCUT2D eigenvalue weighted by Crippen LogP contribution is -2.13. The van der Waals surface area contributed by atoms with E-state index in [1.165, 1.54) is 0 Å². The number of rotatable bonds is 6. The molecule has 7 heteroatoms. The summed E-state index contributed by atoms with van der Waals surface area (Å²) in [4.78, 5) is 0.229. The highest BCUT2D eigenvalue weighted by Crippen LogP contribution is 2.16. The predicted octanol–water partition coefficient (Wildman–Crippen LogP) is 4.06. The van der Waals surface area contributed by atoms with Gasteiger partial charge in [-0.2, -0.15) is 5.10 Å². The summed E-state index contributed by atoms with van der Waals surface area (Å²) in [5.74, 6) is 0.302. The van der Waals surface area contributed by atoms with Crippen LogP contribution < -0.4 is 4.72 Å². The minimum absolute atomic E-state index is 0.229. The topological polar surface area (TPSA) is 64.0 Å². The fourth-order valence-corrected chi connectivity index (χ4v) is 3.64. The Hall–Kier alpha value is -2.12. The third kappa shape index (κ3) is 4.49. The molecule has 0 amide bonds. The molecule has 5 nitrogen and oxygen atoms in total. The van der Waals surface area contributed by atoms with Crippen molar-refractivity contribution in [1.29, 1.82) is 0 Å². The number of hydrogen-bond donors (Lipinski definition) is 1. The normalized spacial score (nSPS) is 11.4. The van der Waals surface area contributed by atoms with E-state index in [1.807, 2.05) is 43.3 Å². The second kappa shape index (κ2) is 7.41. The van der Waals surface area contributed by atoms with Crippen LogP contribution in [0.1, 0.15) is 18.1 Å². The van der Waals surface area contributed by atoms with Crippen molar-refractivity contribution in [2.75, 3.05) is 4.72 Å². The van der Waals surface area contributed by atoms with E-state index >= 15 is 0 Å². The van der Waals surface area contributed by atoms with E-state index in [4.69, 9.17) is 0 Å². The quantitative estimate of drug-likeness (QED) is 0.654. The van der Waals surface area contributed by atoms with Gasteiger partial charge in [0.2, 0.25) is 0 Å². The van der Waals surface area contributed by atoms with Gasteiger partial charge in [-0.25, -0.2) is 8.42 Å². The minimum atomic E-state index is -3.64. The van der Waals surface area contributed by atoms with Crippen LogP contribution in [0.4, 0.5) is 5.82 Å². The molecule has 0 aliphatic carbocycles. The van der Waals surface area contributed by atoms with Gasteiger partial charge in [-0.05, 0) is 41.8 Å². The third-order valence-electron chi connectivity index (χ3n) is 3.78. The molecule has 0 saturated heterocycles. The van der Waals surface area contributed by atoms with Crippen molar-refractivity contribution in [2.45, 2.75) is 24.8 Å². The standard InChI is InChI=1S/C18H18BrN3O2S/c1-2-14-5-9-17(10-6-14)25(23,24)21-18-11-12-22(20-18)13-15-3-7-16(19)8-4-15/h3-12H,2,13H2,1H3,(H,20,21). The Morgan fingerprint density at radius 3 is 2.28 bits per heavy atom.